The van der Waals surface area contributed by atoms with Gasteiger partial charge in [0.25, 0.3) is 5.91 Å². The first-order valence-corrected chi connectivity index (χ1v) is 12.7. The first-order valence-electron chi connectivity index (χ1n) is 9.39. The number of carbonyl (C=O) groups excluding carboxylic acids is 2. The molecule has 12 heteroatoms. The second kappa shape index (κ2) is 8.84. The third-order valence-corrected chi connectivity index (χ3v) is 8.55. The second-order valence-corrected chi connectivity index (χ2v) is 11.2. The lowest BCUT2D eigenvalue weighted by molar-refractivity contribution is -0.132. The van der Waals surface area contributed by atoms with Gasteiger partial charge in [0.2, 0.25) is 15.9 Å². The highest BCUT2D eigenvalue weighted by Crippen LogP contribution is 2.18. The van der Waals surface area contributed by atoms with Crippen molar-refractivity contribution in [2.45, 2.75) is 31.7 Å². The van der Waals surface area contributed by atoms with Crippen LogP contribution < -0.4 is 5.32 Å². The van der Waals surface area contributed by atoms with Gasteiger partial charge in [-0.1, -0.05) is 13.8 Å². The molecule has 29 heavy (non-hydrogen) atoms. The molecule has 0 spiro atoms. The topological polar surface area (TPSA) is 126 Å². The van der Waals surface area contributed by atoms with Crippen molar-refractivity contribution in [2.75, 3.05) is 37.7 Å². The lowest BCUT2D eigenvalue weighted by atomic mass is 10.2. The van der Waals surface area contributed by atoms with E-state index in [1.807, 2.05) is 0 Å². The van der Waals surface area contributed by atoms with Crippen molar-refractivity contribution < 1.29 is 26.4 Å². The number of carbonyl (C=O) groups is 2. The molecule has 1 unspecified atom stereocenters. The Hall–Kier alpha value is -1.92. The minimum atomic E-state index is -3.71. The van der Waals surface area contributed by atoms with E-state index >= 15 is 0 Å². The molecule has 1 aliphatic rings. The van der Waals surface area contributed by atoms with Gasteiger partial charge in [-0.25, -0.2) is 16.8 Å². The Kier molecular flexibility index (Phi) is 7.12. The van der Waals surface area contributed by atoms with Crippen molar-refractivity contribution in [1.29, 1.82) is 0 Å². The van der Waals surface area contributed by atoms with Gasteiger partial charge in [-0.15, -0.1) is 0 Å². The Balaban J connectivity index is 2.11. The summed E-state index contributed by atoms with van der Waals surface area (Å²) in [6.07, 6.45) is 1.37. The van der Waals surface area contributed by atoms with Crippen LogP contribution in [0.25, 0.3) is 0 Å². The summed E-state index contributed by atoms with van der Waals surface area (Å²) < 4.78 is 51.0. The first kappa shape index (κ1) is 23.4. The van der Waals surface area contributed by atoms with Gasteiger partial charge in [0.05, 0.1) is 11.5 Å². The van der Waals surface area contributed by atoms with Gasteiger partial charge in [0.15, 0.2) is 9.84 Å². The number of sulfonamides is 1. The molecule has 2 heterocycles. The zero-order valence-corrected chi connectivity index (χ0v) is 18.7. The molecule has 0 bridgehead atoms. The fraction of sp³-hybridized carbons (Fsp3) is 0.647. The second-order valence-electron chi connectivity index (χ2n) is 6.93. The number of rotatable bonds is 7. The highest BCUT2D eigenvalue weighted by atomic mass is 32.2. The summed E-state index contributed by atoms with van der Waals surface area (Å²) in [5.41, 5.74) is 0.108. The van der Waals surface area contributed by atoms with Crippen LogP contribution in [0.5, 0.6) is 0 Å². The summed E-state index contributed by atoms with van der Waals surface area (Å²) in [5.74, 6) is -1.15. The molecule has 0 radical (unpaired) electrons. The van der Waals surface area contributed by atoms with Crippen molar-refractivity contribution in [2.24, 2.45) is 7.05 Å². The summed E-state index contributed by atoms with van der Waals surface area (Å²) in [6.45, 7) is 5.79. The molecule has 1 fully saturated rings. The van der Waals surface area contributed by atoms with Crippen molar-refractivity contribution >= 4 is 31.7 Å². The van der Waals surface area contributed by atoms with Gasteiger partial charge in [-0.05, 0) is 13.0 Å². The molecular formula is C17H28N4O6S2. The fourth-order valence-electron chi connectivity index (χ4n) is 3.15. The number of amides is 2. The van der Waals surface area contributed by atoms with Crippen LogP contribution in [0.3, 0.4) is 0 Å². The summed E-state index contributed by atoms with van der Waals surface area (Å²) in [4.78, 5) is 26.5. The number of hydrogen-bond acceptors (Lipinski definition) is 6. The van der Waals surface area contributed by atoms with Crippen molar-refractivity contribution in [3.63, 3.8) is 0 Å². The van der Waals surface area contributed by atoms with E-state index in [9.17, 15) is 26.4 Å². The van der Waals surface area contributed by atoms with E-state index < -0.39 is 31.8 Å². The Bertz CT molecular complexity index is 966. The number of nitrogens with one attached hydrogen (secondary N) is 1. The van der Waals surface area contributed by atoms with E-state index in [0.29, 0.717) is 13.1 Å². The average molecular weight is 449 g/mol. The van der Waals surface area contributed by atoms with Crippen LogP contribution in [0.1, 0.15) is 31.3 Å². The monoisotopic (exact) mass is 448 g/mol. The maximum absolute atomic E-state index is 12.6. The minimum absolute atomic E-state index is 0.00840. The molecule has 2 amide bonds. The highest BCUT2D eigenvalue weighted by molar-refractivity contribution is 7.91. The molecule has 0 aromatic carbocycles. The highest BCUT2D eigenvalue weighted by Gasteiger charge is 2.30. The van der Waals surface area contributed by atoms with Gasteiger partial charge in [-0.3, -0.25) is 9.59 Å². The Labute approximate surface area is 171 Å². The molecule has 2 rings (SSSR count). The summed E-state index contributed by atoms with van der Waals surface area (Å²) in [5, 5.41) is 2.57. The average Bonchev–Trinajstić information content (AvgIpc) is 3.04. The number of aryl methyl sites for hydroxylation is 1. The van der Waals surface area contributed by atoms with Crippen molar-refractivity contribution in [3.05, 3.63) is 18.0 Å². The molecule has 10 nitrogen and oxygen atoms in total. The van der Waals surface area contributed by atoms with Crippen molar-refractivity contribution in [3.8, 4) is 0 Å². The molecule has 1 aromatic heterocycles. The largest absolute Gasteiger partial charge is 0.345 e. The lowest BCUT2D eigenvalue weighted by Crippen LogP contribution is -2.51. The van der Waals surface area contributed by atoms with Gasteiger partial charge in [-0.2, -0.15) is 4.31 Å². The third kappa shape index (κ3) is 5.17. The molecule has 0 aliphatic carbocycles. The quantitative estimate of drug-likeness (QED) is 0.595. The number of nitrogens with zero attached hydrogens (tertiary/aromatic N) is 3. The minimum Gasteiger partial charge on any atom is -0.345 e. The van der Waals surface area contributed by atoms with E-state index in [4.69, 9.17) is 0 Å². The molecule has 1 aromatic rings. The predicted molar refractivity (Wildman–Crippen MR) is 108 cm³/mol. The molecule has 1 N–H and O–H groups in total. The molecule has 1 atom stereocenters. The van der Waals surface area contributed by atoms with Gasteiger partial charge in [0.1, 0.15) is 16.6 Å². The van der Waals surface area contributed by atoms with Crippen LogP contribution in [0.2, 0.25) is 0 Å². The third-order valence-electron chi connectivity index (χ3n) is 4.93. The standard InChI is InChI=1S/C17H28N4O6S2/c1-5-21(6-2)29(26,27)14-11-15(19(4)12-14)16(22)18-13(3)17(23)20-7-9-28(24,25)10-8-20/h11-13H,5-10H2,1-4H3,(H,18,22). The number of sulfone groups is 1. The van der Waals surface area contributed by atoms with E-state index in [-0.39, 0.29) is 41.1 Å². The predicted octanol–water partition coefficient (Wildman–Crippen LogP) is -0.569. The molecule has 1 aliphatic heterocycles. The normalized spacial score (nSPS) is 17.9. The van der Waals surface area contributed by atoms with Crippen LogP contribution in [0.4, 0.5) is 0 Å². The number of aromatic nitrogens is 1. The maximum Gasteiger partial charge on any atom is 0.268 e. The van der Waals surface area contributed by atoms with Crippen LogP contribution in [-0.2, 0) is 31.7 Å². The Morgan fingerprint density at radius 1 is 1.21 bits per heavy atom. The zero-order valence-electron chi connectivity index (χ0n) is 17.1. The van der Waals surface area contributed by atoms with E-state index in [1.54, 1.807) is 20.9 Å². The van der Waals surface area contributed by atoms with Crippen LogP contribution in [-0.4, -0.2) is 86.1 Å². The van der Waals surface area contributed by atoms with Gasteiger partial charge < -0.3 is 14.8 Å². The fourth-order valence-corrected chi connectivity index (χ4v) is 5.88. The first-order chi connectivity index (χ1) is 13.4. The van der Waals surface area contributed by atoms with E-state index in [1.165, 1.54) is 33.0 Å². The van der Waals surface area contributed by atoms with Crippen LogP contribution in [0, 0.1) is 0 Å². The van der Waals surface area contributed by atoms with Crippen LogP contribution in [0.15, 0.2) is 17.2 Å². The summed E-state index contributed by atoms with van der Waals surface area (Å²) in [6, 6.07) is 0.411. The van der Waals surface area contributed by atoms with E-state index in [0.717, 1.165) is 0 Å². The maximum atomic E-state index is 12.6. The SMILES string of the molecule is CCN(CC)S(=O)(=O)c1cc(C(=O)NC(C)C(=O)N2CCS(=O)(=O)CC2)n(C)c1. The molecule has 164 valence electrons. The van der Waals surface area contributed by atoms with Crippen molar-refractivity contribution in [1.82, 2.24) is 19.1 Å². The smallest absolute Gasteiger partial charge is 0.268 e. The van der Waals surface area contributed by atoms with Gasteiger partial charge >= 0.3 is 0 Å². The van der Waals surface area contributed by atoms with Crippen LogP contribution >= 0.6 is 0 Å². The summed E-state index contributed by atoms with van der Waals surface area (Å²) >= 11 is 0. The zero-order chi connectivity index (χ0) is 22.0. The van der Waals surface area contributed by atoms with Gasteiger partial charge in [0, 0.05) is 39.4 Å². The summed E-state index contributed by atoms with van der Waals surface area (Å²) in [7, 11) is -5.27. The Morgan fingerprint density at radius 3 is 2.28 bits per heavy atom. The molecule has 1 saturated heterocycles. The molecular weight excluding hydrogens is 420 g/mol. The Morgan fingerprint density at radius 2 is 1.76 bits per heavy atom. The van der Waals surface area contributed by atoms with E-state index in [2.05, 4.69) is 5.32 Å². The molecule has 0 saturated carbocycles. The lowest BCUT2D eigenvalue weighted by Gasteiger charge is -2.29. The number of hydrogen-bond donors (Lipinski definition) is 1.